The number of aromatic amines is 2. The van der Waals surface area contributed by atoms with Gasteiger partial charge < -0.3 is 47.1 Å². The molecule has 2 N–H and O–H groups in total. The molecule has 11 heterocycles. The number of aromatic nitrogens is 6. The summed E-state index contributed by atoms with van der Waals surface area (Å²) >= 11 is 1.81. The first kappa shape index (κ1) is 83.6. The minimum absolute atomic E-state index is 0.0359. The Kier molecular flexibility index (Phi) is 29.4. The van der Waals surface area contributed by atoms with E-state index >= 15 is 0 Å². The van der Waals surface area contributed by atoms with E-state index in [9.17, 15) is 9.59 Å². The molecule has 3 aliphatic heterocycles. The number of aryl methyl sites for hydroxylation is 10. The van der Waals surface area contributed by atoms with Gasteiger partial charge in [0.25, 0.3) is 0 Å². The standard InChI is InChI=1S/C10H9NO.2C10H9N.C10H8O2.C10H12O.C9H9N.C9H10O2.C9H8O.C9H8S.C8H8N2.C8H8O2/c1-7-6-10(12)11-9-5-3-2-4-8(7)9;1-8-6-11-7-9-4-2-3-5-10(8)9;1-8-6-7-11-10-5-3-2-4-9(8)10;1-7-6-10(11)12-9-5-3-2-4-8(7)9;1-8-6-7-11-10-5-3-2-4-9(8)10;1-7-6-10-9-5-3-2-4-8(7)9;1-7-2-3-8-9(6-7)11-5-4-10-8;2*1-7-6-10-9-5-3-2-4-8(7)9;1-10-6-9-7-4-2-3-5-8(7)10;1-6-2-3-7-8(4-6)10-5-9-7/h2-6H,1H3,(H,11,12);2*2-7H,1H3;2-6H,1H3;2-5,8H,6-7H2,1H3;2-6,10H,1H3;2-3,6H,4-5H2,1H3;3*2-6H,1H3;2-4H,5H2,1H3. The number of furan rings is 1. The summed E-state index contributed by atoms with van der Waals surface area (Å²) in [5.74, 6) is 5.19. The van der Waals surface area contributed by atoms with Gasteiger partial charge in [-0.15, -0.1) is 11.3 Å². The second-order valence-corrected chi connectivity index (χ2v) is 29.6. The zero-order valence-corrected chi connectivity index (χ0v) is 69.3. The zero-order chi connectivity index (χ0) is 82.7. The lowest BCUT2D eigenvalue weighted by Crippen LogP contribution is -2.15. The van der Waals surface area contributed by atoms with Crippen LogP contribution in [0.3, 0.4) is 0 Å². The summed E-state index contributed by atoms with van der Waals surface area (Å²) in [7, 11) is 2.00. The van der Waals surface area contributed by atoms with Crippen LogP contribution in [0.1, 0.15) is 74.9 Å². The van der Waals surface area contributed by atoms with E-state index in [1.165, 1.54) is 98.6 Å². The van der Waals surface area contributed by atoms with Crippen molar-refractivity contribution in [2.45, 2.75) is 81.6 Å². The fraction of sp³-hybridized carbons (Fsp3) is 0.167. The average Bonchev–Trinajstić information content (AvgIpc) is 1.57. The Morgan fingerprint density at radius 2 is 0.983 bits per heavy atom. The number of para-hydroxylation sites is 8. The van der Waals surface area contributed by atoms with Crippen molar-refractivity contribution in [1.82, 2.24) is 29.5 Å². The second-order valence-electron chi connectivity index (χ2n) is 28.7. The van der Waals surface area contributed by atoms with Crippen molar-refractivity contribution < 1.29 is 32.5 Å². The van der Waals surface area contributed by atoms with E-state index in [2.05, 4.69) is 156 Å². The van der Waals surface area contributed by atoms with Gasteiger partial charge in [0.15, 0.2) is 23.0 Å². The van der Waals surface area contributed by atoms with Crippen LogP contribution in [-0.4, -0.2) is 56.1 Å². The third-order valence-corrected chi connectivity index (χ3v) is 20.9. The van der Waals surface area contributed by atoms with Crippen LogP contribution in [0.15, 0.2) is 334 Å². The van der Waals surface area contributed by atoms with Crippen LogP contribution >= 0.6 is 11.3 Å². The van der Waals surface area contributed by atoms with Crippen molar-refractivity contribution >= 4 is 97.9 Å². The van der Waals surface area contributed by atoms with Gasteiger partial charge in [-0.05, 0) is 231 Å². The van der Waals surface area contributed by atoms with Crippen molar-refractivity contribution in [3.05, 3.63) is 392 Å². The van der Waals surface area contributed by atoms with E-state index < -0.39 is 0 Å². The van der Waals surface area contributed by atoms with Crippen LogP contribution in [0.25, 0.3) is 86.5 Å². The first-order valence-corrected chi connectivity index (χ1v) is 40.2. The van der Waals surface area contributed by atoms with Crippen molar-refractivity contribution in [2.24, 2.45) is 7.05 Å². The quantitative estimate of drug-likeness (QED) is 0.137. The molecule has 15 nitrogen and oxygen atoms in total. The maximum atomic E-state index is 11.0. The van der Waals surface area contributed by atoms with Crippen LogP contribution in [0, 0.1) is 62.3 Å². The van der Waals surface area contributed by atoms with E-state index in [0.717, 1.165) is 85.8 Å². The third kappa shape index (κ3) is 22.8. The van der Waals surface area contributed by atoms with Crippen LogP contribution < -0.4 is 34.9 Å². The van der Waals surface area contributed by atoms with Gasteiger partial charge >= 0.3 is 5.63 Å². The molecule has 0 fully saturated rings. The molecule has 1 atom stereocenters. The average molecular weight is 1580 g/mol. The number of benzene rings is 11. The van der Waals surface area contributed by atoms with E-state index in [4.69, 9.17) is 32.5 Å². The smallest absolute Gasteiger partial charge is 0.336 e. The molecule has 1 unspecified atom stereocenters. The molecule has 0 amide bonds. The predicted molar refractivity (Wildman–Crippen MR) is 485 cm³/mol. The SMILES string of the molecule is CC1CCOc2ccccc21.Cc1c[nH]c2ccccc12.Cc1cc(=O)[nH]c2ccccc12.Cc1cc(=O)oc2ccccc12.Cc1ccc2c(c1)OCCO2.Cc1ccc2c(c1)OCO2.Cc1ccnc2ccccc12.Cc1cncc2ccccc12.Cc1coc2ccccc12.Cc1csc2ccccc12.Cn1cnc2ccccc21. The number of nitrogens with zero attached hydrogens (tertiary/aromatic N) is 4. The van der Waals surface area contributed by atoms with Crippen molar-refractivity contribution in [3.63, 3.8) is 0 Å². The lowest BCUT2D eigenvalue weighted by molar-refractivity contribution is 0.171. The Morgan fingerprint density at radius 3 is 1.68 bits per heavy atom. The molecule has 0 saturated heterocycles. The maximum Gasteiger partial charge on any atom is 0.336 e. The number of hydrogen-bond donors (Lipinski definition) is 2. The molecule has 8 aromatic heterocycles. The van der Waals surface area contributed by atoms with Crippen molar-refractivity contribution in [1.29, 1.82) is 0 Å². The highest BCUT2D eigenvalue weighted by Gasteiger charge is 2.16. The van der Waals surface area contributed by atoms with Crippen LogP contribution in [0.5, 0.6) is 28.7 Å². The topological polar surface area (TPSA) is 182 Å². The molecule has 22 rings (SSSR count). The predicted octanol–water partition coefficient (Wildman–Crippen LogP) is 25.1. The first-order chi connectivity index (χ1) is 57.4. The van der Waals surface area contributed by atoms with Gasteiger partial charge in [-0.2, -0.15) is 0 Å². The van der Waals surface area contributed by atoms with E-state index in [-0.39, 0.29) is 11.2 Å². The number of ether oxygens (including phenoxy) is 5. The number of thiophene rings is 1. The van der Waals surface area contributed by atoms with Crippen LogP contribution in [0.4, 0.5) is 0 Å². The first-order valence-electron chi connectivity index (χ1n) is 39.3. The van der Waals surface area contributed by atoms with E-state index in [1.807, 2.05) is 252 Å². The molecule has 0 saturated carbocycles. The highest BCUT2D eigenvalue weighted by atomic mass is 32.1. The third-order valence-electron chi connectivity index (χ3n) is 19.8. The Balaban J connectivity index is 0.000000119. The summed E-state index contributed by atoms with van der Waals surface area (Å²) in [6.07, 6.45) is 12.4. The van der Waals surface area contributed by atoms with Crippen LogP contribution in [0.2, 0.25) is 0 Å². The monoisotopic (exact) mass is 1580 g/mol. The number of H-pyrrole nitrogens is 2. The molecule has 0 aliphatic carbocycles. The molecule has 596 valence electrons. The van der Waals surface area contributed by atoms with Gasteiger partial charge in [-0.1, -0.05) is 183 Å². The summed E-state index contributed by atoms with van der Waals surface area (Å²) in [5.41, 5.74) is 18.9. The summed E-state index contributed by atoms with van der Waals surface area (Å²) in [5, 5.41) is 12.0. The van der Waals surface area contributed by atoms with Gasteiger partial charge in [0, 0.05) is 92.0 Å². The number of nitrogens with one attached hydrogen (secondary N) is 2. The minimum atomic E-state index is -0.286. The normalized spacial score (nSPS) is 12.2. The highest BCUT2D eigenvalue weighted by Crippen LogP contribution is 2.35. The van der Waals surface area contributed by atoms with Gasteiger partial charge in [0.05, 0.1) is 35.7 Å². The molecular weight excluding hydrogens is 1490 g/mol. The van der Waals surface area contributed by atoms with Gasteiger partial charge in [0.2, 0.25) is 12.4 Å². The molecule has 16 heteroatoms. The summed E-state index contributed by atoms with van der Waals surface area (Å²) < 4.78 is 40.1. The fourth-order valence-corrected chi connectivity index (χ4v) is 14.3. The zero-order valence-electron chi connectivity index (χ0n) is 68.5. The maximum absolute atomic E-state index is 11.0. The summed E-state index contributed by atoms with van der Waals surface area (Å²) in [6.45, 7) is 23.2. The molecule has 0 bridgehead atoms. The Hall–Kier alpha value is -13.8. The van der Waals surface area contributed by atoms with Crippen molar-refractivity contribution in [3.8, 4) is 28.7 Å². The van der Waals surface area contributed by atoms with E-state index in [1.54, 1.807) is 18.4 Å². The number of imidazole rings is 1. The molecule has 118 heavy (non-hydrogen) atoms. The summed E-state index contributed by atoms with van der Waals surface area (Å²) in [6, 6.07) is 90.0. The lowest BCUT2D eigenvalue weighted by Gasteiger charge is -2.22. The molecular formula is C102H98N6O9S. The Bertz CT molecular complexity index is 6150. The minimum Gasteiger partial charge on any atom is -0.493 e. The second kappa shape index (κ2) is 41.5. The Labute approximate surface area is 691 Å². The summed E-state index contributed by atoms with van der Waals surface area (Å²) in [4.78, 5) is 40.5. The molecule has 11 aromatic carbocycles. The van der Waals surface area contributed by atoms with Crippen LogP contribution in [-0.2, 0) is 7.05 Å². The van der Waals surface area contributed by atoms with Gasteiger partial charge in [-0.25, -0.2) is 9.78 Å². The number of rotatable bonds is 0. The lowest BCUT2D eigenvalue weighted by atomic mass is 9.95. The number of fused-ring (bicyclic) bond motifs is 11. The van der Waals surface area contributed by atoms with Gasteiger partial charge in [0.1, 0.15) is 30.1 Å². The highest BCUT2D eigenvalue weighted by molar-refractivity contribution is 7.17. The fourth-order valence-electron chi connectivity index (χ4n) is 13.4. The molecule has 19 aromatic rings. The molecule has 0 spiro atoms. The Morgan fingerprint density at radius 1 is 0.424 bits per heavy atom. The largest absolute Gasteiger partial charge is 0.493 e. The van der Waals surface area contributed by atoms with Crippen molar-refractivity contribution in [2.75, 3.05) is 26.6 Å². The van der Waals surface area contributed by atoms with E-state index in [0.29, 0.717) is 31.5 Å². The van der Waals surface area contributed by atoms with Gasteiger partial charge in [-0.3, -0.25) is 14.8 Å². The molecule has 0 radical (unpaired) electrons. The number of hydrogen-bond acceptors (Lipinski definition) is 13. The molecule has 3 aliphatic rings. The number of pyridine rings is 3.